The minimum Gasteiger partial charge on any atom is -0.508 e. The molecule has 0 saturated heterocycles. The van der Waals surface area contributed by atoms with E-state index in [2.05, 4.69) is 80.6 Å². The van der Waals surface area contributed by atoms with Crippen molar-refractivity contribution >= 4 is 18.5 Å². The molecule has 0 amide bonds. The number of hydrogen-bond donors (Lipinski definition) is 1. The summed E-state index contributed by atoms with van der Waals surface area (Å²) in [7, 11) is -0.496. The lowest BCUT2D eigenvalue weighted by molar-refractivity contribution is 0.474. The molecule has 3 aromatic rings. The number of rotatable bonds is 4. The summed E-state index contributed by atoms with van der Waals surface area (Å²) in [5, 5.41) is 12.5. The van der Waals surface area contributed by atoms with Crippen molar-refractivity contribution < 1.29 is 5.11 Å². The van der Waals surface area contributed by atoms with Gasteiger partial charge in [-0.25, -0.2) is 0 Å². The molecule has 0 spiro atoms. The van der Waals surface area contributed by atoms with Crippen LogP contribution in [0.2, 0.25) is 0 Å². The van der Waals surface area contributed by atoms with Gasteiger partial charge in [0.15, 0.2) is 0 Å². The van der Waals surface area contributed by atoms with E-state index in [0.717, 1.165) is 5.56 Å². The van der Waals surface area contributed by atoms with Gasteiger partial charge in [-0.2, -0.15) is 0 Å². The summed E-state index contributed by atoms with van der Waals surface area (Å²) in [5.74, 6) is 0.335. The SMILES string of the molecule is Cc1cc(O)ccc1C(C)P(c1ccccc1)c1ccccc1. The summed E-state index contributed by atoms with van der Waals surface area (Å²) in [4.78, 5) is 0. The Morgan fingerprint density at radius 3 is 1.78 bits per heavy atom. The number of aryl methyl sites for hydroxylation is 1. The van der Waals surface area contributed by atoms with Crippen LogP contribution in [-0.4, -0.2) is 5.11 Å². The molecule has 0 saturated carbocycles. The third-order valence-electron chi connectivity index (χ3n) is 4.16. The predicted molar refractivity (Wildman–Crippen MR) is 100 cm³/mol. The second-order valence-electron chi connectivity index (χ2n) is 5.76. The molecule has 0 aliphatic heterocycles. The van der Waals surface area contributed by atoms with Gasteiger partial charge in [-0.15, -0.1) is 0 Å². The topological polar surface area (TPSA) is 20.2 Å². The molecule has 1 nitrogen and oxygen atoms in total. The van der Waals surface area contributed by atoms with E-state index in [4.69, 9.17) is 0 Å². The molecule has 0 fully saturated rings. The van der Waals surface area contributed by atoms with Crippen LogP contribution in [0.15, 0.2) is 78.9 Å². The predicted octanol–water partition coefficient (Wildman–Crippen LogP) is 4.89. The van der Waals surface area contributed by atoms with Crippen LogP contribution in [-0.2, 0) is 0 Å². The van der Waals surface area contributed by atoms with E-state index >= 15 is 0 Å². The molecule has 0 aromatic heterocycles. The monoisotopic (exact) mass is 320 g/mol. The van der Waals surface area contributed by atoms with Crippen LogP contribution in [0.1, 0.15) is 23.7 Å². The van der Waals surface area contributed by atoms with Crippen molar-refractivity contribution in [1.29, 1.82) is 0 Å². The van der Waals surface area contributed by atoms with Crippen molar-refractivity contribution in [2.45, 2.75) is 19.5 Å². The highest BCUT2D eigenvalue weighted by molar-refractivity contribution is 7.73. The Bertz CT molecular complexity index is 729. The third-order valence-corrected chi connectivity index (χ3v) is 6.92. The maximum Gasteiger partial charge on any atom is 0.115 e. The Hall–Kier alpha value is -2.11. The normalized spacial score (nSPS) is 12.3. The second-order valence-corrected chi connectivity index (χ2v) is 8.31. The number of phenolic OH excluding ortho intramolecular Hbond substituents is 1. The highest BCUT2D eigenvalue weighted by Gasteiger charge is 2.23. The van der Waals surface area contributed by atoms with Crippen LogP contribution in [0.25, 0.3) is 0 Å². The minimum absolute atomic E-state index is 0.335. The lowest BCUT2D eigenvalue weighted by Crippen LogP contribution is -2.16. The zero-order chi connectivity index (χ0) is 16.2. The molecule has 0 bridgehead atoms. The lowest BCUT2D eigenvalue weighted by Gasteiger charge is -2.27. The van der Waals surface area contributed by atoms with Crippen molar-refractivity contribution in [2.24, 2.45) is 0 Å². The molecule has 116 valence electrons. The fraction of sp³-hybridized carbons (Fsp3) is 0.143. The van der Waals surface area contributed by atoms with E-state index < -0.39 is 7.92 Å². The van der Waals surface area contributed by atoms with E-state index in [1.54, 1.807) is 6.07 Å². The maximum atomic E-state index is 9.70. The van der Waals surface area contributed by atoms with Crippen LogP contribution in [0, 0.1) is 6.92 Å². The number of aromatic hydroxyl groups is 1. The van der Waals surface area contributed by atoms with Crippen LogP contribution in [0.3, 0.4) is 0 Å². The average molecular weight is 320 g/mol. The zero-order valence-corrected chi connectivity index (χ0v) is 14.4. The standard InChI is InChI=1S/C21H21OP/c1-16-15-18(22)13-14-21(16)17(2)23(19-9-5-3-6-10-19)20-11-7-4-8-12-20/h3-15,17,22H,1-2H3. The quantitative estimate of drug-likeness (QED) is 0.678. The van der Waals surface area contributed by atoms with Gasteiger partial charge < -0.3 is 5.11 Å². The minimum atomic E-state index is -0.496. The molecule has 1 unspecified atom stereocenters. The molecule has 2 heteroatoms. The lowest BCUT2D eigenvalue weighted by atomic mass is 10.1. The molecule has 1 N–H and O–H groups in total. The highest BCUT2D eigenvalue weighted by atomic mass is 31.1. The van der Waals surface area contributed by atoms with Crippen molar-refractivity contribution in [3.05, 3.63) is 90.0 Å². The largest absolute Gasteiger partial charge is 0.508 e. The van der Waals surface area contributed by atoms with Crippen LogP contribution in [0.5, 0.6) is 5.75 Å². The van der Waals surface area contributed by atoms with Gasteiger partial charge in [0.2, 0.25) is 0 Å². The van der Waals surface area contributed by atoms with E-state index in [-0.39, 0.29) is 0 Å². The van der Waals surface area contributed by atoms with Crippen molar-refractivity contribution in [3.8, 4) is 5.75 Å². The molecule has 0 aliphatic rings. The van der Waals surface area contributed by atoms with Gasteiger partial charge >= 0.3 is 0 Å². The van der Waals surface area contributed by atoms with Crippen LogP contribution < -0.4 is 10.6 Å². The second kappa shape index (κ2) is 6.98. The Morgan fingerprint density at radius 1 is 0.783 bits per heavy atom. The summed E-state index contributed by atoms with van der Waals surface area (Å²) in [6.45, 7) is 4.38. The number of hydrogen-bond acceptors (Lipinski definition) is 1. The molecular formula is C21H21OP. The van der Waals surface area contributed by atoms with Gasteiger partial charge in [-0.3, -0.25) is 0 Å². The van der Waals surface area contributed by atoms with Gasteiger partial charge in [0.25, 0.3) is 0 Å². The van der Waals surface area contributed by atoms with Crippen LogP contribution >= 0.6 is 7.92 Å². The van der Waals surface area contributed by atoms with E-state index in [0.29, 0.717) is 11.4 Å². The molecule has 0 radical (unpaired) electrons. The van der Waals surface area contributed by atoms with Crippen molar-refractivity contribution in [3.63, 3.8) is 0 Å². The molecule has 3 rings (SSSR count). The zero-order valence-electron chi connectivity index (χ0n) is 13.5. The summed E-state index contributed by atoms with van der Waals surface area (Å²) in [5.41, 5.74) is 2.84. The summed E-state index contributed by atoms with van der Waals surface area (Å²) < 4.78 is 0. The Labute approximate surface area is 139 Å². The fourth-order valence-corrected chi connectivity index (χ4v) is 5.79. The first-order valence-corrected chi connectivity index (χ1v) is 9.27. The molecule has 0 aliphatic carbocycles. The van der Waals surface area contributed by atoms with Crippen molar-refractivity contribution in [2.75, 3.05) is 0 Å². The highest BCUT2D eigenvalue weighted by Crippen LogP contribution is 2.50. The van der Waals surface area contributed by atoms with Gasteiger partial charge in [0.1, 0.15) is 5.75 Å². The number of benzene rings is 3. The summed E-state index contributed by atoms with van der Waals surface area (Å²) in [6.07, 6.45) is 0. The van der Waals surface area contributed by atoms with Gasteiger partial charge in [0.05, 0.1) is 0 Å². The first kappa shape index (κ1) is 15.8. The molecule has 0 heterocycles. The third kappa shape index (κ3) is 3.46. The Balaban J connectivity index is 2.08. The first-order chi connectivity index (χ1) is 11.2. The number of phenols is 1. The summed E-state index contributed by atoms with van der Waals surface area (Å²) in [6, 6.07) is 27.2. The van der Waals surface area contributed by atoms with Gasteiger partial charge in [-0.1, -0.05) is 73.7 Å². The van der Waals surface area contributed by atoms with E-state index in [9.17, 15) is 5.11 Å². The van der Waals surface area contributed by atoms with E-state index in [1.165, 1.54) is 16.2 Å². The van der Waals surface area contributed by atoms with E-state index in [1.807, 2.05) is 6.07 Å². The molecule has 1 atom stereocenters. The van der Waals surface area contributed by atoms with Gasteiger partial charge in [0, 0.05) is 5.66 Å². The van der Waals surface area contributed by atoms with Gasteiger partial charge in [-0.05, 0) is 48.7 Å². The summed E-state index contributed by atoms with van der Waals surface area (Å²) >= 11 is 0. The van der Waals surface area contributed by atoms with Crippen LogP contribution in [0.4, 0.5) is 0 Å². The fourth-order valence-electron chi connectivity index (χ4n) is 3.04. The molecular weight excluding hydrogens is 299 g/mol. The average Bonchev–Trinajstić information content (AvgIpc) is 2.57. The molecule has 23 heavy (non-hydrogen) atoms. The Morgan fingerprint density at radius 2 is 1.30 bits per heavy atom. The first-order valence-electron chi connectivity index (χ1n) is 7.85. The Kier molecular flexibility index (Phi) is 4.79. The van der Waals surface area contributed by atoms with Crippen molar-refractivity contribution in [1.82, 2.24) is 0 Å². The smallest absolute Gasteiger partial charge is 0.115 e. The maximum absolute atomic E-state index is 9.70. The molecule has 3 aromatic carbocycles.